The van der Waals surface area contributed by atoms with Crippen molar-refractivity contribution < 1.29 is 4.79 Å². The summed E-state index contributed by atoms with van der Waals surface area (Å²) in [6.07, 6.45) is 7.38. The highest BCUT2D eigenvalue weighted by molar-refractivity contribution is 5.91. The van der Waals surface area contributed by atoms with Gasteiger partial charge in [-0.15, -0.1) is 0 Å². The number of carbonyl (C=O) groups is 1. The molecule has 0 unspecified atom stereocenters. The number of hydrogen-bond donors (Lipinski definition) is 0. The van der Waals surface area contributed by atoms with Gasteiger partial charge >= 0.3 is 0 Å². The topological polar surface area (TPSA) is 38.1 Å². The number of aromatic nitrogens is 2. The molecule has 68 valence electrons. The Morgan fingerprint density at radius 3 is 2.69 bits per heavy atom. The largest absolute Gasteiger partial charge is 0.330 e. The molecule has 0 fully saturated rings. The van der Waals surface area contributed by atoms with Crippen LogP contribution < -0.4 is 0 Å². The minimum atomic E-state index is -0.00231. The average Bonchev–Trinajstić information content (AvgIpc) is 2.72. The second kappa shape index (κ2) is 3.05. The standard InChI is InChI=1S/C9H11N3O/c1-11-7-4-10-8(11)9(13)12-5-2-3-6-12/h2-4,7H,5-6H2,1H3. The molecule has 0 saturated carbocycles. The highest BCUT2D eigenvalue weighted by atomic mass is 16.2. The monoisotopic (exact) mass is 177 g/mol. The second-order valence-corrected chi connectivity index (χ2v) is 3.04. The van der Waals surface area contributed by atoms with Gasteiger partial charge in [-0.05, 0) is 0 Å². The van der Waals surface area contributed by atoms with E-state index in [9.17, 15) is 4.79 Å². The van der Waals surface area contributed by atoms with Crippen LogP contribution in [0.5, 0.6) is 0 Å². The zero-order valence-corrected chi connectivity index (χ0v) is 7.47. The molecule has 1 aliphatic rings. The Labute approximate surface area is 76.5 Å². The van der Waals surface area contributed by atoms with Crippen LogP contribution in [0.15, 0.2) is 24.5 Å². The lowest BCUT2D eigenvalue weighted by molar-refractivity contribution is 0.0784. The summed E-state index contributed by atoms with van der Waals surface area (Å²) in [4.78, 5) is 17.5. The predicted molar refractivity (Wildman–Crippen MR) is 48.3 cm³/mol. The van der Waals surface area contributed by atoms with Gasteiger partial charge in [0.2, 0.25) is 0 Å². The molecule has 4 nitrogen and oxygen atoms in total. The SMILES string of the molecule is Cn1ccnc1C(=O)N1CC=CC1. The van der Waals surface area contributed by atoms with E-state index >= 15 is 0 Å². The maximum absolute atomic E-state index is 11.7. The zero-order chi connectivity index (χ0) is 9.26. The first-order valence-corrected chi connectivity index (χ1v) is 4.20. The van der Waals surface area contributed by atoms with Crippen molar-refractivity contribution in [3.8, 4) is 0 Å². The quantitative estimate of drug-likeness (QED) is 0.583. The van der Waals surface area contributed by atoms with Gasteiger partial charge in [-0.3, -0.25) is 4.79 Å². The summed E-state index contributed by atoms with van der Waals surface area (Å²) in [5.41, 5.74) is 0. The van der Waals surface area contributed by atoms with Crippen LogP contribution in [0.2, 0.25) is 0 Å². The third-order valence-corrected chi connectivity index (χ3v) is 2.12. The Bertz CT molecular complexity index is 345. The molecule has 0 saturated heterocycles. The first kappa shape index (κ1) is 8.04. The Kier molecular flexibility index (Phi) is 1.88. The van der Waals surface area contributed by atoms with Crippen molar-refractivity contribution in [1.29, 1.82) is 0 Å². The second-order valence-electron chi connectivity index (χ2n) is 3.04. The first-order chi connectivity index (χ1) is 6.29. The molecule has 2 heterocycles. The van der Waals surface area contributed by atoms with E-state index in [4.69, 9.17) is 0 Å². The van der Waals surface area contributed by atoms with E-state index in [1.807, 2.05) is 19.2 Å². The van der Waals surface area contributed by atoms with Crippen molar-refractivity contribution in [2.75, 3.05) is 13.1 Å². The van der Waals surface area contributed by atoms with Gasteiger partial charge in [-0.25, -0.2) is 4.98 Å². The van der Waals surface area contributed by atoms with Gasteiger partial charge in [-0.2, -0.15) is 0 Å². The van der Waals surface area contributed by atoms with Crippen molar-refractivity contribution in [2.24, 2.45) is 7.05 Å². The van der Waals surface area contributed by atoms with Crippen LogP contribution in [-0.4, -0.2) is 33.4 Å². The molecule has 0 aliphatic carbocycles. The van der Waals surface area contributed by atoms with Gasteiger partial charge < -0.3 is 9.47 Å². The molecular weight excluding hydrogens is 166 g/mol. The molecule has 0 bridgehead atoms. The van der Waals surface area contributed by atoms with Gasteiger partial charge in [-0.1, -0.05) is 12.2 Å². The van der Waals surface area contributed by atoms with Crippen LogP contribution in [0.1, 0.15) is 10.6 Å². The summed E-state index contributed by atoms with van der Waals surface area (Å²) in [6.45, 7) is 1.40. The first-order valence-electron chi connectivity index (χ1n) is 4.20. The third-order valence-electron chi connectivity index (χ3n) is 2.12. The number of nitrogens with zero attached hydrogens (tertiary/aromatic N) is 3. The molecule has 1 aliphatic heterocycles. The Balaban J connectivity index is 2.18. The molecule has 1 amide bonds. The van der Waals surface area contributed by atoms with E-state index in [0.29, 0.717) is 18.9 Å². The fourth-order valence-electron chi connectivity index (χ4n) is 1.36. The summed E-state index contributed by atoms with van der Waals surface area (Å²) >= 11 is 0. The molecule has 0 aromatic carbocycles. The lowest BCUT2D eigenvalue weighted by Gasteiger charge is -2.14. The normalized spacial score (nSPS) is 15.3. The van der Waals surface area contributed by atoms with Crippen LogP contribution in [0.3, 0.4) is 0 Å². The lowest BCUT2D eigenvalue weighted by atomic mass is 10.5. The molecule has 1 aromatic heterocycles. The minimum Gasteiger partial charge on any atom is -0.330 e. The Morgan fingerprint density at radius 2 is 2.15 bits per heavy atom. The highest BCUT2D eigenvalue weighted by Crippen LogP contribution is 2.05. The summed E-state index contributed by atoms with van der Waals surface area (Å²) in [7, 11) is 1.82. The van der Waals surface area contributed by atoms with E-state index in [0.717, 1.165) is 0 Å². The number of hydrogen-bond acceptors (Lipinski definition) is 2. The van der Waals surface area contributed by atoms with Gasteiger partial charge in [0.1, 0.15) is 0 Å². The fraction of sp³-hybridized carbons (Fsp3) is 0.333. The van der Waals surface area contributed by atoms with Gasteiger partial charge in [0.15, 0.2) is 5.82 Å². The number of imidazole rings is 1. The molecule has 0 radical (unpaired) electrons. The minimum absolute atomic E-state index is 0.00231. The summed E-state index contributed by atoms with van der Waals surface area (Å²) < 4.78 is 1.74. The van der Waals surface area contributed by atoms with E-state index in [-0.39, 0.29) is 5.91 Å². The maximum Gasteiger partial charge on any atom is 0.290 e. The maximum atomic E-state index is 11.7. The van der Waals surface area contributed by atoms with Crippen LogP contribution in [0.4, 0.5) is 0 Å². The number of aryl methyl sites for hydroxylation is 1. The van der Waals surface area contributed by atoms with E-state index < -0.39 is 0 Å². The smallest absolute Gasteiger partial charge is 0.290 e. The van der Waals surface area contributed by atoms with Crippen molar-refractivity contribution in [2.45, 2.75) is 0 Å². The van der Waals surface area contributed by atoms with Crippen molar-refractivity contribution in [3.63, 3.8) is 0 Å². The molecule has 13 heavy (non-hydrogen) atoms. The third kappa shape index (κ3) is 1.35. The highest BCUT2D eigenvalue weighted by Gasteiger charge is 2.19. The van der Waals surface area contributed by atoms with E-state index in [2.05, 4.69) is 4.98 Å². The van der Waals surface area contributed by atoms with Crippen molar-refractivity contribution in [1.82, 2.24) is 14.5 Å². The molecular formula is C9H11N3O. The summed E-state index contributed by atoms with van der Waals surface area (Å²) in [5.74, 6) is 0.501. The average molecular weight is 177 g/mol. The predicted octanol–water partition coefficient (Wildman–Crippen LogP) is 0.432. The van der Waals surface area contributed by atoms with Crippen LogP contribution in [0, 0.1) is 0 Å². The summed E-state index contributed by atoms with van der Waals surface area (Å²) in [5, 5.41) is 0. The Morgan fingerprint density at radius 1 is 1.46 bits per heavy atom. The molecule has 0 spiro atoms. The van der Waals surface area contributed by atoms with Crippen molar-refractivity contribution in [3.05, 3.63) is 30.4 Å². The molecule has 1 aromatic rings. The van der Waals surface area contributed by atoms with E-state index in [1.54, 1.807) is 21.9 Å². The van der Waals surface area contributed by atoms with Crippen LogP contribution in [-0.2, 0) is 7.05 Å². The van der Waals surface area contributed by atoms with E-state index in [1.165, 1.54) is 0 Å². The van der Waals surface area contributed by atoms with Gasteiger partial charge in [0, 0.05) is 32.5 Å². The number of amides is 1. The molecule has 2 rings (SSSR count). The number of rotatable bonds is 1. The zero-order valence-electron chi connectivity index (χ0n) is 7.47. The van der Waals surface area contributed by atoms with Crippen LogP contribution in [0.25, 0.3) is 0 Å². The van der Waals surface area contributed by atoms with Gasteiger partial charge in [0.25, 0.3) is 5.91 Å². The lowest BCUT2D eigenvalue weighted by Crippen LogP contribution is -2.30. The molecule has 0 atom stereocenters. The van der Waals surface area contributed by atoms with Crippen LogP contribution >= 0.6 is 0 Å². The summed E-state index contributed by atoms with van der Waals surface area (Å²) in [6, 6.07) is 0. The van der Waals surface area contributed by atoms with Crippen molar-refractivity contribution >= 4 is 5.91 Å². The molecule has 0 N–H and O–H groups in total. The van der Waals surface area contributed by atoms with Gasteiger partial charge in [0.05, 0.1) is 0 Å². The molecule has 4 heteroatoms. The number of carbonyl (C=O) groups excluding carboxylic acids is 1. The fourth-order valence-corrected chi connectivity index (χ4v) is 1.36. The Hall–Kier alpha value is -1.58.